The van der Waals surface area contributed by atoms with E-state index in [0.29, 0.717) is 12.8 Å². The molecule has 4 nitrogen and oxygen atoms in total. The van der Waals surface area contributed by atoms with Crippen LogP contribution in [0.2, 0.25) is 0 Å². The van der Waals surface area contributed by atoms with Crippen LogP contribution in [0.15, 0.2) is 23.8 Å². The number of halogens is 1. The first-order chi connectivity index (χ1) is 13.1. The van der Waals surface area contributed by atoms with E-state index in [2.05, 4.69) is 6.92 Å². The largest absolute Gasteiger partial charge is 0.462 e. The van der Waals surface area contributed by atoms with Crippen molar-refractivity contribution in [3.63, 3.8) is 0 Å². The number of alkyl halides is 1. The number of esters is 1. The predicted molar refractivity (Wildman–Crippen MR) is 103 cm³/mol. The number of carbonyl (C=O) groups excluding carboxylic acids is 2. The van der Waals surface area contributed by atoms with Crippen molar-refractivity contribution >= 4 is 11.8 Å². The molecule has 3 fully saturated rings. The molecule has 0 spiro atoms. The molecule has 0 saturated heterocycles. The lowest BCUT2D eigenvalue weighted by atomic mass is 9.47. The van der Waals surface area contributed by atoms with Gasteiger partial charge in [-0.05, 0) is 76.4 Å². The lowest BCUT2D eigenvalue weighted by Gasteiger charge is -2.60. The number of fused-ring (bicyclic) bond motifs is 5. The van der Waals surface area contributed by atoms with Crippen molar-refractivity contribution in [2.45, 2.75) is 83.6 Å². The van der Waals surface area contributed by atoms with Crippen molar-refractivity contribution in [3.05, 3.63) is 23.8 Å². The molecule has 0 aliphatic heterocycles. The minimum atomic E-state index is -1.36. The summed E-state index contributed by atoms with van der Waals surface area (Å²) in [6, 6.07) is 0. The SMILES string of the molecule is CC(O)CC(=O)OC1CC[C@H]2[C@@H]3CCC4=CC(=O)C=C[C@]4(C)[C@@]3(F)CC[C@]12C. The van der Waals surface area contributed by atoms with Crippen LogP contribution in [0.1, 0.15) is 65.7 Å². The normalized spacial score (nSPS) is 45.5. The Morgan fingerprint density at radius 1 is 1.29 bits per heavy atom. The van der Waals surface area contributed by atoms with E-state index >= 15 is 4.39 Å². The second-order valence-corrected chi connectivity index (χ2v) is 9.84. The van der Waals surface area contributed by atoms with Gasteiger partial charge in [0.2, 0.25) is 0 Å². The van der Waals surface area contributed by atoms with E-state index < -0.39 is 17.2 Å². The molecule has 0 aromatic rings. The summed E-state index contributed by atoms with van der Waals surface area (Å²) in [7, 11) is 0. The van der Waals surface area contributed by atoms with E-state index in [9.17, 15) is 14.7 Å². The average molecular weight is 390 g/mol. The van der Waals surface area contributed by atoms with Crippen molar-refractivity contribution in [2.75, 3.05) is 0 Å². The Kier molecular flexibility index (Phi) is 4.61. The van der Waals surface area contributed by atoms with Gasteiger partial charge in [0, 0.05) is 10.8 Å². The number of aliphatic hydroxyl groups excluding tert-OH is 1. The van der Waals surface area contributed by atoms with E-state index in [4.69, 9.17) is 4.74 Å². The Morgan fingerprint density at radius 2 is 2.04 bits per heavy atom. The topological polar surface area (TPSA) is 63.6 Å². The van der Waals surface area contributed by atoms with Crippen molar-refractivity contribution in [1.29, 1.82) is 0 Å². The van der Waals surface area contributed by atoms with Crippen LogP contribution in [-0.2, 0) is 14.3 Å². The summed E-state index contributed by atoms with van der Waals surface area (Å²) in [5, 5.41) is 9.45. The van der Waals surface area contributed by atoms with Gasteiger partial charge in [0.05, 0.1) is 12.5 Å². The van der Waals surface area contributed by atoms with Crippen molar-refractivity contribution in [1.82, 2.24) is 0 Å². The Bertz CT molecular complexity index is 756. The van der Waals surface area contributed by atoms with Crippen LogP contribution in [0.5, 0.6) is 0 Å². The Labute approximate surface area is 166 Å². The summed E-state index contributed by atoms with van der Waals surface area (Å²) >= 11 is 0. The molecule has 4 rings (SSSR count). The summed E-state index contributed by atoms with van der Waals surface area (Å²) < 4.78 is 22.5. The molecule has 28 heavy (non-hydrogen) atoms. The van der Waals surface area contributed by atoms with Crippen LogP contribution in [0.3, 0.4) is 0 Å². The molecule has 3 saturated carbocycles. The molecule has 5 heteroatoms. The number of hydrogen-bond donors (Lipinski definition) is 1. The first-order valence-electron chi connectivity index (χ1n) is 10.6. The van der Waals surface area contributed by atoms with Gasteiger partial charge >= 0.3 is 5.97 Å². The summed E-state index contributed by atoms with van der Waals surface area (Å²) in [6.07, 6.45) is 8.24. The number of aliphatic hydroxyl groups is 1. The maximum Gasteiger partial charge on any atom is 0.308 e. The van der Waals surface area contributed by atoms with Crippen LogP contribution in [-0.4, -0.2) is 34.7 Å². The van der Waals surface area contributed by atoms with Gasteiger partial charge in [-0.15, -0.1) is 0 Å². The lowest BCUT2D eigenvalue weighted by Crippen LogP contribution is -2.60. The fraction of sp³-hybridized carbons (Fsp3) is 0.739. The highest BCUT2D eigenvalue weighted by atomic mass is 19.1. The number of ketones is 1. The van der Waals surface area contributed by atoms with Gasteiger partial charge in [-0.3, -0.25) is 9.59 Å². The predicted octanol–water partition coefficient (Wildman–Crippen LogP) is 4.07. The maximum absolute atomic E-state index is 16.7. The first-order valence-corrected chi connectivity index (χ1v) is 10.6. The molecule has 2 unspecified atom stereocenters. The van der Waals surface area contributed by atoms with Crippen LogP contribution >= 0.6 is 0 Å². The zero-order chi connectivity index (χ0) is 20.3. The zero-order valence-corrected chi connectivity index (χ0v) is 17.0. The number of allylic oxidation sites excluding steroid dienone is 4. The van der Waals surface area contributed by atoms with Crippen molar-refractivity contribution in [2.24, 2.45) is 22.7 Å². The van der Waals surface area contributed by atoms with Crippen molar-refractivity contribution in [3.8, 4) is 0 Å². The molecule has 4 aliphatic rings. The summed E-state index contributed by atoms with van der Waals surface area (Å²) in [5.74, 6) is -0.332. The van der Waals surface area contributed by atoms with Crippen LogP contribution < -0.4 is 0 Å². The number of hydrogen-bond acceptors (Lipinski definition) is 4. The minimum absolute atomic E-state index is 0.00122. The average Bonchev–Trinajstić information content (AvgIpc) is 2.92. The molecule has 0 bridgehead atoms. The van der Waals surface area contributed by atoms with Gasteiger partial charge < -0.3 is 9.84 Å². The zero-order valence-electron chi connectivity index (χ0n) is 17.0. The van der Waals surface area contributed by atoms with Crippen molar-refractivity contribution < 1.29 is 23.8 Å². The second-order valence-electron chi connectivity index (χ2n) is 9.84. The lowest BCUT2D eigenvalue weighted by molar-refractivity contribution is -0.169. The smallest absolute Gasteiger partial charge is 0.308 e. The van der Waals surface area contributed by atoms with Crippen LogP contribution in [0, 0.1) is 22.7 Å². The Hall–Kier alpha value is -1.49. The van der Waals surface area contributed by atoms with Gasteiger partial charge in [0.15, 0.2) is 5.78 Å². The Balaban J connectivity index is 1.59. The maximum atomic E-state index is 16.7. The fourth-order valence-electron chi connectivity index (χ4n) is 6.68. The monoisotopic (exact) mass is 390 g/mol. The third-order valence-corrected chi connectivity index (χ3v) is 8.31. The molecule has 0 aromatic carbocycles. The number of rotatable bonds is 3. The highest BCUT2D eigenvalue weighted by Gasteiger charge is 2.67. The quantitative estimate of drug-likeness (QED) is 0.738. The molecule has 1 N–H and O–H groups in total. The number of carbonyl (C=O) groups is 2. The molecule has 4 aliphatic carbocycles. The molecule has 0 heterocycles. The summed E-state index contributed by atoms with van der Waals surface area (Å²) in [6.45, 7) is 5.68. The summed E-state index contributed by atoms with van der Waals surface area (Å²) in [5.41, 5.74) is -1.37. The standard InChI is InChI=1S/C23H31FO4/c1-14(25)12-20(27)28-19-7-6-17-18-5-4-15-13-16(26)8-9-22(15,3)23(18,24)11-10-21(17,19)2/h8-9,13-14,17-19,25H,4-7,10-12H2,1-3H3/t14?,17-,18-,19?,21-,22-,23+/m0/s1. The molecular weight excluding hydrogens is 359 g/mol. The first kappa shape index (κ1) is 19.8. The third-order valence-electron chi connectivity index (χ3n) is 8.31. The highest BCUT2D eigenvalue weighted by Crippen LogP contribution is 2.68. The van der Waals surface area contributed by atoms with Gasteiger partial charge in [-0.2, -0.15) is 0 Å². The highest BCUT2D eigenvalue weighted by molar-refractivity contribution is 6.01. The number of ether oxygens (including phenoxy) is 1. The molecular formula is C23H31FO4. The van der Waals surface area contributed by atoms with Gasteiger partial charge in [0.25, 0.3) is 0 Å². The Morgan fingerprint density at radius 3 is 2.75 bits per heavy atom. The minimum Gasteiger partial charge on any atom is -0.462 e. The van der Waals surface area contributed by atoms with E-state index in [0.717, 1.165) is 31.3 Å². The van der Waals surface area contributed by atoms with E-state index in [1.165, 1.54) is 6.08 Å². The van der Waals surface area contributed by atoms with Crippen LogP contribution in [0.25, 0.3) is 0 Å². The molecule has 154 valence electrons. The van der Waals surface area contributed by atoms with Crippen LogP contribution in [0.4, 0.5) is 4.39 Å². The van der Waals surface area contributed by atoms with Gasteiger partial charge in [-0.1, -0.05) is 18.6 Å². The fourth-order valence-corrected chi connectivity index (χ4v) is 6.68. The molecule has 0 amide bonds. The second kappa shape index (κ2) is 6.51. The molecule has 0 radical (unpaired) electrons. The molecule has 7 atom stereocenters. The van der Waals surface area contributed by atoms with E-state index in [1.807, 2.05) is 6.92 Å². The summed E-state index contributed by atoms with van der Waals surface area (Å²) in [4.78, 5) is 24.0. The third kappa shape index (κ3) is 2.72. The van der Waals surface area contributed by atoms with E-state index in [-0.39, 0.29) is 41.5 Å². The molecule has 0 aromatic heterocycles. The van der Waals surface area contributed by atoms with E-state index in [1.54, 1.807) is 19.1 Å². The van der Waals surface area contributed by atoms with Gasteiger partial charge in [-0.25, -0.2) is 4.39 Å². The van der Waals surface area contributed by atoms with Gasteiger partial charge in [0.1, 0.15) is 11.8 Å².